The fourth-order valence-corrected chi connectivity index (χ4v) is 2.63. The molecule has 21 heavy (non-hydrogen) atoms. The lowest BCUT2D eigenvalue weighted by Gasteiger charge is -2.23. The average molecular weight is 290 g/mol. The van der Waals surface area contributed by atoms with E-state index in [0.717, 1.165) is 16.8 Å². The first kappa shape index (κ1) is 12.3. The van der Waals surface area contributed by atoms with Crippen LogP contribution in [0.15, 0.2) is 46.9 Å². The number of furan rings is 1. The van der Waals surface area contributed by atoms with Gasteiger partial charge in [0.2, 0.25) is 6.10 Å². The third-order valence-corrected chi connectivity index (χ3v) is 3.56. The van der Waals surface area contributed by atoms with Gasteiger partial charge in [0.15, 0.2) is 0 Å². The smallest absolute Gasteiger partial charge is 0.429 e. The summed E-state index contributed by atoms with van der Waals surface area (Å²) in [7, 11) is 0. The summed E-state index contributed by atoms with van der Waals surface area (Å²) in [5.74, 6) is 0.221. The second-order valence-corrected chi connectivity index (χ2v) is 4.89. The Morgan fingerprint density at radius 3 is 2.57 bits per heavy atom. The van der Waals surface area contributed by atoms with Crippen molar-refractivity contribution in [1.29, 1.82) is 0 Å². The number of halogens is 3. The number of hydrogen-bond donors (Lipinski definition) is 0. The molecule has 106 valence electrons. The molecule has 0 bridgehead atoms. The summed E-state index contributed by atoms with van der Waals surface area (Å²) in [6.45, 7) is 0. The monoisotopic (exact) mass is 290 g/mol. The molecule has 0 amide bonds. The molecule has 0 aliphatic carbocycles. The molecule has 1 atom stereocenters. The normalized spacial score (nSPS) is 18.0. The topological polar surface area (TPSA) is 22.4 Å². The van der Waals surface area contributed by atoms with Gasteiger partial charge in [-0.15, -0.1) is 0 Å². The Bertz CT molecular complexity index is 874. The van der Waals surface area contributed by atoms with Crippen molar-refractivity contribution >= 4 is 28.0 Å². The van der Waals surface area contributed by atoms with Gasteiger partial charge in [0.1, 0.15) is 16.9 Å². The van der Waals surface area contributed by atoms with E-state index in [1.807, 2.05) is 24.3 Å². The molecule has 0 fully saturated rings. The lowest BCUT2D eigenvalue weighted by Crippen LogP contribution is -2.33. The summed E-state index contributed by atoms with van der Waals surface area (Å²) in [6, 6.07) is 10.6. The van der Waals surface area contributed by atoms with Crippen molar-refractivity contribution in [2.24, 2.45) is 0 Å². The summed E-state index contributed by atoms with van der Waals surface area (Å²) in [6.07, 6.45) is -3.83. The molecule has 0 spiro atoms. The molecule has 1 aliphatic heterocycles. The summed E-state index contributed by atoms with van der Waals surface area (Å²) in [5.41, 5.74) is 1.96. The minimum absolute atomic E-state index is 0.221. The lowest BCUT2D eigenvalue weighted by molar-refractivity contribution is -0.180. The van der Waals surface area contributed by atoms with Crippen LogP contribution in [0.5, 0.6) is 5.75 Å². The van der Waals surface area contributed by atoms with Gasteiger partial charge in [-0.05, 0) is 24.3 Å². The summed E-state index contributed by atoms with van der Waals surface area (Å²) < 4.78 is 49.0. The van der Waals surface area contributed by atoms with Gasteiger partial charge in [-0.2, -0.15) is 13.2 Å². The predicted octanol–water partition coefficient (Wildman–Crippen LogP) is 4.92. The largest absolute Gasteiger partial charge is 0.476 e. The molecule has 4 rings (SSSR count). The van der Waals surface area contributed by atoms with Crippen LogP contribution in [0.4, 0.5) is 13.2 Å². The van der Waals surface area contributed by atoms with Crippen molar-refractivity contribution in [1.82, 2.24) is 0 Å². The molecule has 1 unspecified atom stereocenters. The number of hydrogen-bond acceptors (Lipinski definition) is 2. The van der Waals surface area contributed by atoms with E-state index in [1.165, 1.54) is 12.1 Å². The lowest BCUT2D eigenvalue weighted by atomic mass is 10.0. The Balaban J connectivity index is 1.97. The molecule has 5 heteroatoms. The summed E-state index contributed by atoms with van der Waals surface area (Å²) in [5, 5.41) is 1.64. The molecular weight excluding hydrogens is 281 g/mol. The van der Waals surface area contributed by atoms with Crippen LogP contribution in [0.1, 0.15) is 5.56 Å². The SMILES string of the molecule is FC(F)(F)C1C=Cc2c(ccc3oc4ccccc4c23)O1. The Labute approximate surface area is 117 Å². The van der Waals surface area contributed by atoms with Gasteiger partial charge in [-0.1, -0.05) is 24.3 Å². The van der Waals surface area contributed by atoms with E-state index in [-0.39, 0.29) is 5.75 Å². The number of para-hydroxylation sites is 1. The molecule has 0 saturated heterocycles. The maximum atomic E-state index is 12.7. The zero-order valence-electron chi connectivity index (χ0n) is 10.6. The van der Waals surface area contributed by atoms with Gasteiger partial charge >= 0.3 is 6.18 Å². The van der Waals surface area contributed by atoms with Gasteiger partial charge in [0.05, 0.1) is 0 Å². The molecule has 2 nitrogen and oxygen atoms in total. The van der Waals surface area contributed by atoms with Gasteiger partial charge in [-0.25, -0.2) is 0 Å². The zero-order valence-corrected chi connectivity index (χ0v) is 10.6. The van der Waals surface area contributed by atoms with Crippen LogP contribution < -0.4 is 4.74 Å². The molecule has 0 N–H and O–H groups in total. The fraction of sp³-hybridized carbons (Fsp3) is 0.125. The van der Waals surface area contributed by atoms with Crippen molar-refractivity contribution in [3.05, 3.63) is 48.0 Å². The molecule has 2 aromatic carbocycles. The first-order valence-electron chi connectivity index (χ1n) is 6.40. The van der Waals surface area contributed by atoms with Gasteiger partial charge in [-0.3, -0.25) is 0 Å². The first-order chi connectivity index (χ1) is 10.0. The van der Waals surface area contributed by atoms with Gasteiger partial charge in [0, 0.05) is 16.3 Å². The van der Waals surface area contributed by atoms with E-state index < -0.39 is 12.3 Å². The molecule has 1 aliphatic rings. The Kier molecular flexibility index (Phi) is 2.37. The van der Waals surface area contributed by atoms with Crippen LogP contribution in [-0.4, -0.2) is 12.3 Å². The minimum atomic E-state index is -4.42. The van der Waals surface area contributed by atoms with Crippen molar-refractivity contribution in [3.63, 3.8) is 0 Å². The molecule has 0 radical (unpaired) electrons. The standard InChI is InChI=1S/C16H9F3O2/c17-16(18,19)14-8-5-10-12(21-14)6-7-13-15(10)9-3-1-2-4-11(9)20-13/h1-8,14H. The Morgan fingerprint density at radius 2 is 1.76 bits per heavy atom. The second-order valence-electron chi connectivity index (χ2n) is 4.89. The quantitative estimate of drug-likeness (QED) is 0.586. The zero-order chi connectivity index (χ0) is 14.6. The van der Waals surface area contributed by atoms with Crippen molar-refractivity contribution in [2.45, 2.75) is 12.3 Å². The minimum Gasteiger partial charge on any atom is -0.476 e. The van der Waals surface area contributed by atoms with Gasteiger partial charge in [0.25, 0.3) is 0 Å². The highest BCUT2D eigenvalue weighted by molar-refractivity contribution is 6.10. The maximum Gasteiger partial charge on any atom is 0.429 e. The molecule has 1 aromatic heterocycles. The highest BCUT2D eigenvalue weighted by Crippen LogP contribution is 2.40. The van der Waals surface area contributed by atoms with Gasteiger partial charge < -0.3 is 9.15 Å². The molecule has 2 heterocycles. The van der Waals surface area contributed by atoms with E-state index in [2.05, 4.69) is 0 Å². The highest BCUT2D eigenvalue weighted by Gasteiger charge is 2.41. The predicted molar refractivity (Wildman–Crippen MR) is 73.2 cm³/mol. The number of benzene rings is 2. The van der Waals surface area contributed by atoms with E-state index in [4.69, 9.17) is 9.15 Å². The van der Waals surface area contributed by atoms with E-state index in [1.54, 1.807) is 6.07 Å². The average Bonchev–Trinajstić information content (AvgIpc) is 2.84. The second kappa shape index (κ2) is 4.04. The summed E-state index contributed by atoms with van der Waals surface area (Å²) >= 11 is 0. The van der Waals surface area contributed by atoms with E-state index in [0.29, 0.717) is 16.7 Å². The number of alkyl halides is 3. The summed E-state index contributed by atoms with van der Waals surface area (Å²) in [4.78, 5) is 0. The number of ether oxygens (including phenoxy) is 1. The Morgan fingerprint density at radius 1 is 0.952 bits per heavy atom. The van der Waals surface area contributed by atoms with Crippen molar-refractivity contribution < 1.29 is 22.3 Å². The van der Waals surface area contributed by atoms with E-state index in [9.17, 15) is 13.2 Å². The highest BCUT2D eigenvalue weighted by atomic mass is 19.4. The van der Waals surface area contributed by atoms with Crippen LogP contribution in [0.2, 0.25) is 0 Å². The van der Waals surface area contributed by atoms with Crippen molar-refractivity contribution in [3.8, 4) is 5.75 Å². The maximum absolute atomic E-state index is 12.7. The van der Waals surface area contributed by atoms with Crippen LogP contribution in [0, 0.1) is 0 Å². The van der Waals surface area contributed by atoms with E-state index >= 15 is 0 Å². The Hall–Kier alpha value is -2.43. The third kappa shape index (κ3) is 1.81. The van der Waals surface area contributed by atoms with Crippen LogP contribution in [-0.2, 0) is 0 Å². The van der Waals surface area contributed by atoms with Crippen LogP contribution in [0.3, 0.4) is 0 Å². The van der Waals surface area contributed by atoms with Crippen molar-refractivity contribution in [2.75, 3.05) is 0 Å². The third-order valence-electron chi connectivity index (χ3n) is 3.56. The molecular formula is C16H9F3O2. The molecule has 3 aromatic rings. The fourth-order valence-electron chi connectivity index (χ4n) is 2.63. The van der Waals surface area contributed by atoms with Crippen LogP contribution >= 0.6 is 0 Å². The number of rotatable bonds is 0. The van der Waals surface area contributed by atoms with Crippen LogP contribution in [0.25, 0.3) is 28.0 Å². The number of fused-ring (bicyclic) bond motifs is 5. The molecule has 0 saturated carbocycles. The first-order valence-corrected chi connectivity index (χ1v) is 6.40.